The lowest BCUT2D eigenvalue weighted by Crippen LogP contribution is -2.48. The number of amides is 1. The Balaban J connectivity index is 1.33. The van der Waals surface area contributed by atoms with Gasteiger partial charge in [0.1, 0.15) is 0 Å². The molecule has 0 N–H and O–H groups in total. The average molecular weight is 469 g/mol. The number of pyridine rings is 2. The van der Waals surface area contributed by atoms with E-state index in [1.165, 1.54) is 5.56 Å². The fourth-order valence-electron chi connectivity index (χ4n) is 4.23. The minimum atomic E-state index is 0.00586. The first-order valence-corrected chi connectivity index (χ1v) is 11.8. The molecule has 1 aliphatic rings. The van der Waals surface area contributed by atoms with E-state index in [-0.39, 0.29) is 5.91 Å². The number of piperazine rings is 1. The van der Waals surface area contributed by atoms with Crippen molar-refractivity contribution >= 4 is 34.5 Å². The molecule has 1 aliphatic heterocycles. The number of carbonyl (C=O) groups is 1. The molecule has 3 heterocycles. The van der Waals surface area contributed by atoms with Crippen LogP contribution >= 0.6 is 11.6 Å². The summed E-state index contributed by atoms with van der Waals surface area (Å²) in [4.78, 5) is 27.1. The Morgan fingerprint density at radius 3 is 2.47 bits per heavy atom. The van der Waals surface area contributed by atoms with Crippen molar-refractivity contribution < 1.29 is 4.79 Å². The van der Waals surface area contributed by atoms with Gasteiger partial charge in [0, 0.05) is 49.3 Å². The molecule has 0 atom stereocenters. The molecule has 4 aromatic rings. The Morgan fingerprint density at radius 1 is 0.912 bits per heavy atom. The van der Waals surface area contributed by atoms with Gasteiger partial charge in [0.25, 0.3) is 5.91 Å². The van der Waals surface area contributed by atoms with Crippen molar-refractivity contribution in [2.24, 2.45) is 0 Å². The second-order valence-corrected chi connectivity index (χ2v) is 8.77. The summed E-state index contributed by atoms with van der Waals surface area (Å²) in [6, 6.07) is 23.3. The highest BCUT2D eigenvalue weighted by molar-refractivity contribution is 6.31. The first-order valence-electron chi connectivity index (χ1n) is 11.4. The molecule has 0 radical (unpaired) electrons. The number of hydrogen-bond acceptors (Lipinski definition) is 4. The molecular formula is C28H25ClN4O. The van der Waals surface area contributed by atoms with Crippen LogP contribution in [0.2, 0.25) is 5.02 Å². The highest BCUT2D eigenvalue weighted by Crippen LogP contribution is 2.27. The van der Waals surface area contributed by atoms with Crippen molar-refractivity contribution in [2.45, 2.75) is 0 Å². The van der Waals surface area contributed by atoms with E-state index < -0.39 is 0 Å². The van der Waals surface area contributed by atoms with E-state index in [0.29, 0.717) is 29.4 Å². The molecule has 0 bridgehead atoms. The molecule has 170 valence electrons. The van der Waals surface area contributed by atoms with Gasteiger partial charge in [-0.05, 0) is 42.0 Å². The first kappa shape index (κ1) is 22.3. The first-order chi connectivity index (χ1) is 16.7. The fourth-order valence-corrected chi connectivity index (χ4v) is 4.40. The summed E-state index contributed by atoms with van der Waals surface area (Å²) in [6.07, 6.45) is 6.06. The van der Waals surface area contributed by atoms with Gasteiger partial charge in [-0.25, -0.2) is 4.98 Å². The van der Waals surface area contributed by atoms with Crippen molar-refractivity contribution in [3.8, 4) is 11.4 Å². The normalized spacial score (nSPS) is 14.7. The van der Waals surface area contributed by atoms with Gasteiger partial charge in [-0.15, -0.1) is 0 Å². The van der Waals surface area contributed by atoms with E-state index in [2.05, 4.69) is 34.2 Å². The maximum absolute atomic E-state index is 13.6. The van der Waals surface area contributed by atoms with Gasteiger partial charge < -0.3 is 4.90 Å². The SMILES string of the molecule is O=C(c1cc(-c2ccccn2)nc2ccc(Cl)cc12)N1CCN(CC=Cc2ccccc2)CC1. The fraction of sp³-hybridized carbons (Fsp3) is 0.179. The second kappa shape index (κ2) is 10.2. The molecule has 0 unspecified atom stereocenters. The van der Waals surface area contributed by atoms with E-state index in [4.69, 9.17) is 16.6 Å². The molecule has 34 heavy (non-hydrogen) atoms. The highest BCUT2D eigenvalue weighted by Gasteiger charge is 2.24. The van der Waals surface area contributed by atoms with Gasteiger partial charge in [0.2, 0.25) is 0 Å². The number of hydrogen-bond donors (Lipinski definition) is 0. The van der Waals surface area contributed by atoms with Crippen molar-refractivity contribution in [2.75, 3.05) is 32.7 Å². The monoisotopic (exact) mass is 468 g/mol. The van der Waals surface area contributed by atoms with Crippen LogP contribution in [-0.4, -0.2) is 58.4 Å². The lowest BCUT2D eigenvalue weighted by atomic mass is 10.0. The van der Waals surface area contributed by atoms with Crippen molar-refractivity contribution in [3.63, 3.8) is 0 Å². The van der Waals surface area contributed by atoms with Crippen LogP contribution in [0.25, 0.3) is 28.4 Å². The summed E-state index contributed by atoms with van der Waals surface area (Å²) < 4.78 is 0. The third-order valence-electron chi connectivity index (χ3n) is 6.06. The lowest BCUT2D eigenvalue weighted by Gasteiger charge is -2.34. The Hall–Kier alpha value is -3.54. The minimum Gasteiger partial charge on any atom is -0.336 e. The quantitative estimate of drug-likeness (QED) is 0.392. The zero-order chi connectivity index (χ0) is 23.3. The number of nitrogens with zero attached hydrogens (tertiary/aromatic N) is 4. The Labute approximate surface area is 204 Å². The topological polar surface area (TPSA) is 49.3 Å². The van der Waals surface area contributed by atoms with Crippen LogP contribution < -0.4 is 0 Å². The van der Waals surface area contributed by atoms with Crippen LogP contribution in [0.15, 0.2) is 85.1 Å². The van der Waals surface area contributed by atoms with Gasteiger partial charge in [0.05, 0.1) is 22.5 Å². The minimum absolute atomic E-state index is 0.00586. The molecule has 5 rings (SSSR count). The van der Waals surface area contributed by atoms with Gasteiger partial charge in [0.15, 0.2) is 0 Å². The van der Waals surface area contributed by atoms with Gasteiger partial charge in [-0.2, -0.15) is 0 Å². The Bertz CT molecular complexity index is 1320. The molecule has 6 heteroatoms. The summed E-state index contributed by atoms with van der Waals surface area (Å²) in [7, 11) is 0. The van der Waals surface area contributed by atoms with Crippen LogP contribution in [0.3, 0.4) is 0 Å². The van der Waals surface area contributed by atoms with Crippen LogP contribution in [0.4, 0.5) is 0 Å². The Morgan fingerprint density at radius 2 is 1.71 bits per heavy atom. The molecule has 1 amide bonds. The molecular weight excluding hydrogens is 444 g/mol. The third kappa shape index (κ3) is 5.01. The lowest BCUT2D eigenvalue weighted by molar-refractivity contribution is 0.0652. The van der Waals surface area contributed by atoms with Crippen LogP contribution in [0.5, 0.6) is 0 Å². The number of carbonyl (C=O) groups excluding carboxylic acids is 1. The molecule has 1 saturated heterocycles. The maximum Gasteiger partial charge on any atom is 0.254 e. The number of halogens is 1. The molecule has 2 aromatic carbocycles. The summed E-state index contributed by atoms with van der Waals surface area (Å²) >= 11 is 6.27. The van der Waals surface area contributed by atoms with Gasteiger partial charge in [-0.1, -0.05) is 60.2 Å². The van der Waals surface area contributed by atoms with Crippen molar-refractivity contribution in [1.29, 1.82) is 0 Å². The number of benzene rings is 2. The van der Waals surface area contributed by atoms with E-state index in [0.717, 1.165) is 36.2 Å². The number of rotatable bonds is 5. The zero-order valence-corrected chi connectivity index (χ0v) is 19.5. The van der Waals surface area contributed by atoms with E-state index in [9.17, 15) is 4.79 Å². The van der Waals surface area contributed by atoms with Crippen molar-refractivity contribution in [1.82, 2.24) is 19.8 Å². The van der Waals surface area contributed by atoms with Gasteiger partial charge >= 0.3 is 0 Å². The zero-order valence-electron chi connectivity index (χ0n) is 18.8. The van der Waals surface area contributed by atoms with Crippen LogP contribution in [-0.2, 0) is 0 Å². The molecule has 5 nitrogen and oxygen atoms in total. The molecule has 2 aromatic heterocycles. The third-order valence-corrected chi connectivity index (χ3v) is 6.30. The van der Waals surface area contributed by atoms with Crippen LogP contribution in [0, 0.1) is 0 Å². The maximum atomic E-state index is 13.6. The summed E-state index contributed by atoms with van der Waals surface area (Å²) in [5.41, 5.74) is 3.97. The smallest absolute Gasteiger partial charge is 0.254 e. The number of fused-ring (bicyclic) bond motifs is 1. The largest absolute Gasteiger partial charge is 0.336 e. The highest BCUT2D eigenvalue weighted by atomic mass is 35.5. The van der Waals surface area contributed by atoms with E-state index >= 15 is 0 Å². The van der Waals surface area contributed by atoms with Crippen LogP contribution in [0.1, 0.15) is 15.9 Å². The van der Waals surface area contributed by atoms with Crippen molar-refractivity contribution in [3.05, 3.63) is 101 Å². The number of aromatic nitrogens is 2. The molecule has 0 saturated carbocycles. The summed E-state index contributed by atoms with van der Waals surface area (Å²) in [5.74, 6) is 0.00586. The standard InChI is InChI=1S/C28H25ClN4O/c29-22-11-12-25-23(19-22)24(20-27(31-25)26-10-4-5-13-30-26)28(34)33-17-15-32(16-18-33)14-6-9-21-7-2-1-3-8-21/h1-13,19-20H,14-18H2. The summed E-state index contributed by atoms with van der Waals surface area (Å²) in [5, 5.41) is 1.36. The van der Waals surface area contributed by atoms with Gasteiger partial charge in [-0.3, -0.25) is 14.7 Å². The predicted molar refractivity (Wildman–Crippen MR) is 138 cm³/mol. The molecule has 0 spiro atoms. The van der Waals surface area contributed by atoms with E-state index in [1.54, 1.807) is 12.3 Å². The predicted octanol–water partition coefficient (Wildman–Crippen LogP) is 5.42. The molecule has 0 aliphatic carbocycles. The Kier molecular flexibility index (Phi) is 6.65. The average Bonchev–Trinajstić information content (AvgIpc) is 2.89. The van der Waals surface area contributed by atoms with E-state index in [1.807, 2.05) is 59.5 Å². The molecule has 1 fully saturated rings. The second-order valence-electron chi connectivity index (χ2n) is 8.34. The summed E-state index contributed by atoms with van der Waals surface area (Å²) in [6.45, 7) is 3.90.